The molecule has 0 amide bonds. The molecule has 3 nitrogen and oxygen atoms in total. The molecule has 1 heterocycles. The number of hydrogen-bond donors (Lipinski definition) is 2. The van der Waals surface area contributed by atoms with Crippen LogP contribution in [0.3, 0.4) is 0 Å². The molecule has 0 radical (unpaired) electrons. The topological polar surface area (TPSA) is 45.1 Å². The van der Waals surface area contributed by atoms with Gasteiger partial charge in [-0.25, -0.2) is 4.98 Å². The van der Waals surface area contributed by atoms with Crippen molar-refractivity contribution in [2.24, 2.45) is 0 Å². The minimum Gasteiger partial charge on any atom is -0.393 e. The maximum atomic E-state index is 9.57. The molecular formula is C12H13BrN2OS. The van der Waals surface area contributed by atoms with E-state index in [0.717, 1.165) is 15.2 Å². The van der Waals surface area contributed by atoms with Gasteiger partial charge in [0, 0.05) is 21.7 Å². The van der Waals surface area contributed by atoms with Crippen molar-refractivity contribution in [3.05, 3.63) is 45.3 Å². The van der Waals surface area contributed by atoms with Gasteiger partial charge in [0.05, 0.1) is 6.61 Å². The molecule has 1 aromatic carbocycles. The molecule has 1 unspecified atom stereocenters. The van der Waals surface area contributed by atoms with Gasteiger partial charge in [-0.1, -0.05) is 15.9 Å². The number of aromatic nitrogens is 1. The third-order valence-corrected chi connectivity index (χ3v) is 4.05. The lowest BCUT2D eigenvalue weighted by Gasteiger charge is -2.27. The molecule has 5 heteroatoms. The van der Waals surface area contributed by atoms with Crippen molar-refractivity contribution in [2.45, 2.75) is 12.5 Å². The largest absolute Gasteiger partial charge is 0.393 e. The summed E-state index contributed by atoms with van der Waals surface area (Å²) in [6, 6.07) is 7.85. The molecule has 0 spiro atoms. The predicted octanol–water partition coefficient (Wildman–Crippen LogP) is 3.23. The lowest BCUT2D eigenvalue weighted by molar-refractivity contribution is 0.223. The van der Waals surface area contributed by atoms with Gasteiger partial charge in [0.2, 0.25) is 0 Å². The van der Waals surface area contributed by atoms with Crippen LogP contribution in [0.25, 0.3) is 0 Å². The maximum Gasteiger partial charge on any atom is 0.120 e. The molecule has 2 N–H and O–H groups in total. The molecule has 17 heavy (non-hydrogen) atoms. The van der Waals surface area contributed by atoms with Crippen LogP contribution in [0.4, 0.5) is 5.69 Å². The Bertz CT molecular complexity index is 472. The SMILES string of the molecule is CC(CO)(Nc1ccc(Br)cc1)c1nccs1. The smallest absolute Gasteiger partial charge is 0.120 e. The Hall–Kier alpha value is -0.910. The molecular weight excluding hydrogens is 300 g/mol. The molecule has 90 valence electrons. The van der Waals surface area contributed by atoms with Crippen LogP contribution in [0, 0.1) is 0 Å². The van der Waals surface area contributed by atoms with Crippen molar-refractivity contribution in [1.82, 2.24) is 4.98 Å². The summed E-state index contributed by atoms with van der Waals surface area (Å²) in [5, 5.41) is 15.7. The summed E-state index contributed by atoms with van der Waals surface area (Å²) in [6.07, 6.45) is 1.75. The quantitative estimate of drug-likeness (QED) is 0.911. The van der Waals surface area contributed by atoms with Gasteiger partial charge in [0.15, 0.2) is 0 Å². The standard InChI is InChI=1S/C12H13BrN2OS/c1-12(8-16,11-14-6-7-17-11)15-10-4-2-9(13)3-5-10/h2-7,15-16H,8H2,1H3. The molecule has 0 fully saturated rings. The molecule has 0 aliphatic heterocycles. The molecule has 1 aromatic heterocycles. The zero-order chi connectivity index (χ0) is 12.3. The second-order valence-corrected chi connectivity index (χ2v) is 5.77. The first-order chi connectivity index (χ1) is 8.14. The first-order valence-corrected chi connectivity index (χ1v) is 6.86. The summed E-state index contributed by atoms with van der Waals surface area (Å²) >= 11 is 4.93. The van der Waals surface area contributed by atoms with E-state index in [-0.39, 0.29) is 6.61 Å². The van der Waals surface area contributed by atoms with Crippen LogP contribution >= 0.6 is 27.3 Å². The minimum absolute atomic E-state index is 0.00340. The molecule has 2 aromatic rings. The lowest BCUT2D eigenvalue weighted by Crippen LogP contribution is -2.35. The number of aliphatic hydroxyl groups excluding tert-OH is 1. The predicted molar refractivity (Wildman–Crippen MR) is 74.3 cm³/mol. The fraction of sp³-hybridized carbons (Fsp3) is 0.250. The minimum atomic E-state index is -0.540. The van der Waals surface area contributed by atoms with E-state index < -0.39 is 5.54 Å². The number of aliphatic hydroxyl groups is 1. The number of nitrogens with one attached hydrogen (secondary N) is 1. The van der Waals surface area contributed by atoms with Crippen molar-refractivity contribution < 1.29 is 5.11 Å². The van der Waals surface area contributed by atoms with Gasteiger partial charge in [-0.3, -0.25) is 0 Å². The van der Waals surface area contributed by atoms with E-state index in [9.17, 15) is 5.11 Å². The van der Waals surface area contributed by atoms with Crippen molar-refractivity contribution >= 4 is 33.0 Å². The van der Waals surface area contributed by atoms with Gasteiger partial charge in [-0.15, -0.1) is 11.3 Å². The normalized spacial score (nSPS) is 14.3. The Morgan fingerprint density at radius 3 is 2.65 bits per heavy atom. The highest BCUT2D eigenvalue weighted by Crippen LogP contribution is 2.27. The summed E-state index contributed by atoms with van der Waals surface area (Å²) in [5.41, 5.74) is 0.419. The number of halogens is 1. The molecule has 0 bridgehead atoms. The molecule has 1 atom stereocenters. The summed E-state index contributed by atoms with van der Waals surface area (Å²) in [6.45, 7) is 1.93. The Labute approximate surface area is 113 Å². The zero-order valence-electron chi connectivity index (χ0n) is 9.35. The van der Waals surface area contributed by atoms with Gasteiger partial charge in [0.1, 0.15) is 10.5 Å². The number of nitrogens with zero attached hydrogens (tertiary/aromatic N) is 1. The van der Waals surface area contributed by atoms with Crippen LogP contribution in [0.5, 0.6) is 0 Å². The summed E-state index contributed by atoms with van der Waals surface area (Å²) in [5.74, 6) is 0. The Balaban J connectivity index is 2.23. The summed E-state index contributed by atoms with van der Waals surface area (Å²) < 4.78 is 1.03. The van der Waals surface area contributed by atoms with E-state index in [1.807, 2.05) is 36.6 Å². The first kappa shape index (κ1) is 12.5. The molecule has 0 aliphatic rings. The highest BCUT2D eigenvalue weighted by atomic mass is 79.9. The number of rotatable bonds is 4. The number of thiazole rings is 1. The Morgan fingerprint density at radius 1 is 1.41 bits per heavy atom. The van der Waals surface area contributed by atoms with Crippen molar-refractivity contribution in [2.75, 3.05) is 11.9 Å². The van der Waals surface area contributed by atoms with Crippen molar-refractivity contribution in [3.63, 3.8) is 0 Å². The monoisotopic (exact) mass is 312 g/mol. The highest BCUT2D eigenvalue weighted by Gasteiger charge is 2.28. The third-order valence-electron chi connectivity index (χ3n) is 2.49. The summed E-state index contributed by atoms with van der Waals surface area (Å²) in [4.78, 5) is 4.26. The van der Waals surface area contributed by atoms with Crippen LogP contribution in [-0.4, -0.2) is 16.7 Å². The molecule has 0 aliphatic carbocycles. The molecule has 2 rings (SSSR count). The first-order valence-electron chi connectivity index (χ1n) is 5.19. The van der Waals surface area contributed by atoms with Crippen LogP contribution in [0.1, 0.15) is 11.9 Å². The highest BCUT2D eigenvalue weighted by molar-refractivity contribution is 9.10. The van der Waals surface area contributed by atoms with Crippen LogP contribution < -0.4 is 5.32 Å². The number of anilines is 1. The van der Waals surface area contributed by atoms with Gasteiger partial charge in [-0.2, -0.15) is 0 Å². The van der Waals surface area contributed by atoms with E-state index in [0.29, 0.717) is 0 Å². The van der Waals surface area contributed by atoms with Crippen molar-refractivity contribution in [1.29, 1.82) is 0 Å². The van der Waals surface area contributed by atoms with Crippen LogP contribution in [-0.2, 0) is 5.54 Å². The van der Waals surface area contributed by atoms with Crippen molar-refractivity contribution in [3.8, 4) is 0 Å². The van der Waals surface area contributed by atoms with E-state index >= 15 is 0 Å². The average Bonchev–Trinajstić information content (AvgIpc) is 2.86. The van der Waals surface area contributed by atoms with Crippen LogP contribution in [0.2, 0.25) is 0 Å². The number of hydrogen-bond acceptors (Lipinski definition) is 4. The number of benzene rings is 1. The van der Waals surface area contributed by atoms with Crippen LogP contribution in [0.15, 0.2) is 40.3 Å². The van der Waals surface area contributed by atoms with Gasteiger partial charge >= 0.3 is 0 Å². The maximum absolute atomic E-state index is 9.57. The fourth-order valence-electron chi connectivity index (χ4n) is 1.51. The summed E-state index contributed by atoms with van der Waals surface area (Å²) in [7, 11) is 0. The van der Waals surface area contributed by atoms with E-state index in [4.69, 9.17) is 0 Å². The molecule has 0 saturated heterocycles. The molecule has 0 saturated carbocycles. The Morgan fingerprint density at radius 2 is 2.12 bits per heavy atom. The second-order valence-electron chi connectivity index (χ2n) is 3.96. The second kappa shape index (κ2) is 5.16. The van der Waals surface area contributed by atoms with E-state index in [2.05, 4.69) is 26.2 Å². The lowest BCUT2D eigenvalue weighted by atomic mass is 10.0. The van der Waals surface area contributed by atoms with Gasteiger partial charge in [-0.05, 0) is 31.2 Å². The fourth-order valence-corrected chi connectivity index (χ4v) is 2.52. The van der Waals surface area contributed by atoms with E-state index in [1.54, 1.807) is 6.20 Å². The zero-order valence-corrected chi connectivity index (χ0v) is 11.8. The Kier molecular flexibility index (Phi) is 3.81. The van der Waals surface area contributed by atoms with E-state index in [1.165, 1.54) is 11.3 Å². The van der Waals surface area contributed by atoms with Gasteiger partial charge < -0.3 is 10.4 Å². The average molecular weight is 313 g/mol. The van der Waals surface area contributed by atoms with Gasteiger partial charge in [0.25, 0.3) is 0 Å². The third kappa shape index (κ3) is 2.86.